The summed E-state index contributed by atoms with van der Waals surface area (Å²) in [4.78, 5) is 17.9. The molecule has 0 bridgehead atoms. The number of rotatable bonds is 12. The highest BCUT2D eigenvalue weighted by Gasteiger charge is 2.48. The van der Waals surface area contributed by atoms with Gasteiger partial charge in [-0.15, -0.1) is 0 Å². The monoisotopic (exact) mass is 636 g/mol. The third-order valence-electron chi connectivity index (χ3n) is 9.69. The van der Waals surface area contributed by atoms with Crippen molar-refractivity contribution < 1.29 is 28.2 Å². The Kier molecular flexibility index (Phi) is 9.72. The van der Waals surface area contributed by atoms with Gasteiger partial charge in [-0.3, -0.25) is 9.79 Å². The van der Waals surface area contributed by atoms with E-state index in [-0.39, 0.29) is 37.9 Å². The van der Waals surface area contributed by atoms with Crippen molar-refractivity contribution in [2.75, 3.05) is 25.4 Å². The van der Waals surface area contributed by atoms with Gasteiger partial charge in [-0.05, 0) is 55.4 Å². The molecule has 1 amide bonds. The molecule has 1 aromatic heterocycles. The Balaban J connectivity index is 1.03. The Hall–Kier alpha value is -3.09. The molecule has 10 nitrogen and oxygen atoms in total. The van der Waals surface area contributed by atoms with Crippen LogP contribution in [0, 0.1) is 5.92 Å². The molecule has 1 saturated heterocycles. The Labute approximate surface area is 265 Å². The van der Waals surface area contributed by atoms with Crippen molar-refractivity contribution in [3.63, 3.8) is 0 Å². The molecule has 1 spiro atoms. The molecule has 3 aliphatic rings. The molecule has 1 aliphatic carbocycles. The van der Waals surface area contributed by atoms with E-state index in [9.17, 15) is 23.4 Å². The lowest BCUT2D eigenvalue weighted by molar-refractivity contribution is -0.125. The molecule has 0 radical (unpaired) electrons. The molecule has 6 rings (SSSR count). The maximum atomic E-state index is 13.4. The molecule has 45 heavy (non-hydrogen) atoms. The number of carbonyl (C=O) groups is 1. The molecule has 2 aromatic carbocycles. The normalized spacial score (nSPS) is 20.8. The van der Waals surface area contributed by atoms with Gasteiger partial charge in [-0.1, -0.05) is 61.7 Å². The lowest BCUT2D eigenvalue weighted by atomic mass is 9.88. The zero-order valence-electron chi connectivity index (χ0n) is 25.7. The zero-order valence-corrected chi connectivity index (χ0v) is 26.5. The van der Waals surface area contributed by atoms with Crippen molar-refractivity contribution in [1.82, 2.24) is 14.2 Å². The minimum atomic E-state index is -3.54. The number of sulfonamides is 1. The van der Waals surface area contributed by atoms with Gasteiger partial charge in [0.15, 0.2) is 0 Å². The van der Waals surface area contributed by atoms with Gasteiger partial charge in [0.2, 0.25) is 10.0 Å². The van der Waals surface area contributed by atoms with E-state index in [1.807, 2.05) is 65.4 Å². The maximum Gasteiger partial charge on any atom is 0.253 e. The van der Waals surface area contributed by atoms with Crippen molar-refractivity contribution in [3.8, 4) is 0 Å². The van der Waals surface area contributed by atoms with E-state index in [0.717, 1.165) is 53.5 Å². The topological polar surface area (TPSA) is 133 Å². The number of aryl methyl sites for hydroxylation is 1. The second-order valence-corrected chi connectivity index (χ2v) is 14.8. The van der Waals surface area contributed by atoms with Crippen LogP contribution in [0.15, 0.2) is 65.8 Å². The summed E-state index contributed by atoms with van der Waals surface area (Å²) >= 11 is 0. The van der Waals surface area contributed by atoms with Crippen molar-refractivity contribution >= 4 is 32.7 Å². The largest absolute Gasteiger partial charge is 0.388 e. The number of aromatic nitrogens is 1. The number of nitrogens with one attached hydrogen (secondary N) is 1. The molecule has 3 heterocycles. The fourth-order valence-corrected chi connectivity index (χ4v) is 8.40. The molecule has 242 valence electrons. The van der Waals surface area contributed by atoms with E-state index >= 15 is 0 Å². The number of benzene rings is 2. The fourth-order valence-electron chi connectivity index (χ4n) is 6.92. The van der Waals surface area contributed by atoms with Gasteiger partial charge in [0.05, 0.1) is 31.6 Å². The van der Waals surface area contributed by atoms with Crippen molar-refractivity contribution in [1.29, 1.82) is 0 Å². The van der Waals surface area contributed by atoms with Gasteiger partial charge in [-0.2, -0.15) is 0 Å². The lowest BCUT2D eigenvalue weighted by Gasteiger charge is -2.34. The van der Waals surface area contributed by atoms with Crippen LogP contribution in [0.1, 0.15) is 56.1 Å². The molecule has 3 aromatic rings. The highest BCUT2D eigenvalue weighted by atomic mass is 32.2. The van der Waals surface area contributed by atoms with Crippen LogP contribution < -0.4 is 5.32 Å². The van der Waals surface area contributed by atoms with Crippen LogP contribution in [-0.4, -0.2) is 82.4 Å². The fraction of sp³-hybridized carbons (Fsp3) is 0.529. The van der Waals surface area contributed by atoms with Crippen LogP contribution in [0.25, 0.3) is 10.9 Å². The molecule has 2 aliphatic heterocycles. The van der Waals surface area contributed by atoms with Gasteiger partial charge in [-0.25, -0.2) is 12.7 Å². The average Bonchev–Trinajstić information content (AvgIpc) is 3.61. The summed E-state index contributed by atoms with van der Waals surface area (Å²) < 4.78 is 35.8. The van der Waals surface area contributed by atoms with Gasteiger partial charge in [0, 0.05) is 36.1 Å². The summed E-state index contributed by atoms with van der Waals surface area (Å²) in [6.07, 6.45) is 6.56. The summed E-state index contributed by atoms with van der Waals surface area (Å²) in [6.45, 7) is 1.11. The quantitative estimate of drug-likeness (QED) is 0.279. The van der Waals surface area contributed by atoms with E-state index in [2.05, 4.69) is 5.32 Å². The average molecular weight is 637 g/mol. The Morgan fingerprint density at radius 2 is 1.73 bits per heavy atom. The van der Waals surface area contributed by atoms with E-state index in [4.69, 9.17) is 9.73 Å². The first-order valence-corrected chi connectivity index (χ1v) is 17.8. The van der Waals surface area contributed by atoms with Crippen LogP contribution in [0.2, 0.25) is 0 Å². The Morgan fingerprint density at radius 3 is 2.49 bits per heavy atom. The van der Waals surface area contributed by atoms with Crippen molar-refractivity contribution in [3.05, 3.63) is 71.9 Å². The molecule has 3 N–H and O–H groups in total. The van der Waals surface area contributed by atoms with Crippen LogP contribution in [-0.2, 0) is 39.1 Å². The number of ether oxygens (including phenoxy) is 1. The summed E-state index contributed by atoms with van der Waals surface area (Å²) in [5.41, 5.74) is 1.93. The number of aliphatic imine (C=N–C) groups is 1. The Morgan fingerprint density at radius 1 is 0.978 bits per heavy atom. The van der Waals surface area contributed by atoms with E-state index < -0.39 is 27.8 Å². The second kappa shape index (κ2) is 13.7. The van der Waals surface area contributed by atoms with Crippen LogP contribution >= 0.6 is 0 Å². The number of piperidine rings is 1. The van der Waals surface area contributed by atoms with Crippen LogP contribution in [0.3, 0.4) is 0 Å². The van der Waals surface area contributed by atoms with Crippen LogP contribution in [0.4, 0.5) is 0 Å². The summed E-state index contributed by atoms with van der Waals surface area (Å²) in [5.74, 6) is 1.02. The molecular formula is C34H44N4O6S. The number of carbonyl (C=O) groups excluding carboxylic acids is 1. The number of fused-ring (bicyclic) bond motifs is 1. The standard InChI is InChI=1S/C34H44N4O6S/c39-30(31(40)24-44-23-25-8-3-1-4-9-25)22-37-18-14-28-26(12-7-13-29(28)37)15-21-45(42,43)38-19-16-34(17-20-38)33(41)35-32(36-34)27-10-5-2-6-11-27/h1,3-4,7-9,12-14,18,27,30-31,39-40H,2,5-6,10-11,15-17,19-24H2,(H,35,36,41)/t30-,31-/m0/s1. The first-order valence-electron chi connectivity index (χ1n) is 16.2. The van der Waals surface area contributed by atoms with Gasteiger partial charge >= 0.3 is 0 Å². The van der Waals surface area contributed by atoms with Crippen molar-refractivity contribution in [2.45, 2.75) is 82.3 Å². The number of aliphatic hydroxyl groups is 2. The lowest BCUT2D eigenvalue weighted by Crippen LogP contribution is -2.51. The van der Waals surface area contributed by atoms with Gasteiger partial charge in [0.25, 0.3) is 5.91 Å². The first kappa shape index (κ1) is 31.9. The smallest absolute Gasteiger partial charge is 0.253 e. The summed E-state index contributed by atoms with van der Waals surface area (Å²) in [5, 5.41) is 25.1. The number of hydrogen-bond acceptors (Lipinski definition) is 7. The van der Waals surface area contributed by atoms with E-state index in [1.165, 1.54) is 10.7 Å². The van der Waals surface area contributed by atoms with Gasteiger partial charge < -0.3 is 24.8 Å². The number of hydrogen-bond donors (Lipinski definition) is 3. The molecular weight excluding hydrogens is 592 g/mol. The van der Waals surface area contributed by atoms with Crippen LogP contribution in [0.5, 0.6) is 0 Å². The highest BCUT2D eigenvalue weighted by Crippen LogP contribution is 2.35. The summed E-state index contributed by atoms with van der Waals surface area (Å²) in [7, 11) is -3.54. The second-order valence-electron chi connectivity index (χ2n) is 12.7. The molecule has 2 atom stereocenters. The van der Waals surface area contributed by atoms with Crippen molar-refractivity contribution in [2.24, 2.45) is 10.9 Å². The number of aliphatic hydroxyl groups excluding tert-OH is 2. The number of amides is 1. The minimum Gasteiger partial charge on any atom is -0.388 e. The van der Waals surface area contributed by atoms with E-state index in [1.54, 1.807) is 0 Å². The predicted molar refractivity (Wildman–Crippen MR) is 173 cm³/mol. The predicted octanol–water partition coefficient (Wildman–Crippen LogP) is 3.40. The van der Waals surface area contributed by atoms with Gasteiger partial charge in [0.1, 0.15) is 17.5 Å². The number of amidine groups is 1. The number of nitrogens with zero attached hydrogens (tertiary/aromatic N) is 3. The molecule has 11 heteroatoms. The first-order chi connectivity index (χ1) is 21.7. The zero-order chi connectivity index (χ0) is 31.4. The molecule has 0 unspecified atom stereocenters. The Bertz CT molecular complexity index is 1610. The highest BCUT2D eigenvalue weighted by molar-refractivity contribution is 7.89. The van der Waals surface area contributed by atoms with E-state index in [0.29, 0.717) is 31.8 Å². The molecule has 1 saturated carbocycles. The maximum absolute atomic E-state index is 13.4. The summed E-state index contributed by atoms with van der Waals surface area (Å²) in [6, 6.07) is 17.3. The third-order valence-corrected chi connectivity index (χ3v) is 11.6. The molecule has 2 fully saturated rings. The minimum absolute atomic E-state index is 0.00863. The SMILES string of the molecule is O=C1NC(C2CCCCC2)=NC12CCN(S(=O)(=O)CCc1cccc3c1ccn3C[C@H](O)[C@@H](O)COCc1ccccc1)CC2. The third kappa shape index (κ3) is 7.18.